The fraction of sp³-hybridized carbons (Fsp3) is 0.423. The zero-order valence-electron chi connectivity index (χ0n) is 20.3. The van der Waals surface area contributed by atoms with E-state index in [0.29, 0.717) is 31.8 Å². The summed E-state index contributed by atoms with van der Waals surface area (Å²) >= 11 is 5.16. The van der Waals surface area contributed by atoms with Crippen LogP contribution in [0.25, 0.3) is 0 Å². The summed E-state index contributed by atoms with van der Waals surface area (Å²) in [4.78, 5) is 24.2. The second-order valence-electron chi connectivity index (χ2n) is 8.65. The fourth-order valence-corrected chi connectivity index (χ4v) is 5.64. The van der Waals surface area contributed by atoms with Crippen molar-refractivity contribution in [1.82, 2.24) is 9.62 Å². The Hall–Kier alpha value is -2.82. The maximum absolute atomic E-state index is 12.9. The molecule has 3 rings (SSSR count). The number of hydrogen-bond acceptors (Lipinski definition) is 6. The summed E-state index contributed by atoms with van der Waals surface area (Å²) in [7, 11) is -3.53. The topological polar surface area (TPSA) is 105 Å². The van der Waals surface area contributed by atoms with Gasteiger partial charge in [0.05, 0.1) is 17.9 Å². The summed E-state index contributed by atoms with van der Waals surface area (Å²) in [5, 5.41) is 5.45. The number of nitrogens with one attached hydrogen (secondary N) is 2. The molecule has 1 saturated heterocycles. The Morgan fingerprint density at radius 2 is 1.58 bits per heavy atom. The van der Waals surface area contributed by atoms with Crippen molar-refractivity contribution in [3.63, 3.8) is 0 Å². The second-order valence-corrected chi connectivity index (χ2v) is 11.0. The third-order valence-electron chi connectivity index (χ3n) is 5.84. The zero-order chi connectivity index (χ0) is 25.8. The molecule has 0 aromatic heterocycles. The van der Waals surface area contributed by atoms with Crippen molar-refractivity contribution in [2.24, 2.45) is 0 Å². The number of ether oxygens (including phenoxy) is 1. The molecule has 0 bridgehead atoms. The fourth-order valence-electron chi connectivity index (χ4n) is 3.89. The molecule has 2 aromatic rings. The number of thiocarbonyl (C=S) groups is 1. The summed E-state index contributed by atoms with van der Waals surface area (Å²) in [5.41, 5.74) is 1.73. The molecule has 0 spiro atoms. The molecule has 2 N–H and O–H groups in total. The molecule has 10 heteroatoms. The quantitative estimate of drug-likeness (QED) is 0.271. The van der Waals surface area contributed by atoms with E-state index < -0.39 is 21.9 Å². The normalized spacial score (nSPS) is 14.4. The summed E-state index contributed by atoms with van der Waals surface area (Å²) in [5.74, 6) is -0.840. The van der Waals surface area contributed by atoms with E-state index in [9.17, 15) is 18.0 Å². The number of carbonyl (C=O) groups excluding carboxylic acids is 2. The maximum Gasteiger partial charge on any atom is 0.306 e. The van der Waals surface area contributed by atoms with Gasteiger partial charge in [0.1, 0.15) is 0 Å². The molecule has 0 atom stereocenters. The van der Waals surface area contributed by atoms with E-state index in [2.05, 4.69) is 10.6 Å². The van der Waals surface area contributed by atoms with Gasteiger partial charge in [-0.1, -0.05) is 43.2 Å². The van der Waals surface area contributed by atoms with Crippen molar-refractivity contribution in [3.8, 4) is 0 Å². The minimum atomic E-state index is -3.53. The van der Waals surface area contributed by atoms with Crippen LogP contribution in [0, 0.1) is 0 Å². The van der Waals surface area contributed by atoms with E-state index >= 15 is 0 Å². The van der Waals surface area contributed by atoms with Gasteiger partial charge in [-0.3, -0.25) is 9.59 Å². The van der Waals surface area contributed by atoms with Crippen LogP contribution in [-0.2, 0) is 30.8 Å². The van der Waals surface area contributed by atoms with Gasteiger partial charge in [0.25, 0.3) is 0 Å². The van der Waals surface area contributed by atoms with E-state index in [1.807, 2.05) is 30.3 Å². The maximum atomic E-state index is 12.9. The molecule has 2 aromatic carbocycles. The highest BCUT2D eigenvalue weighted by atomic mass is 32.2. The van der Waals surface area contributed by atoms with Gasteiger partial charge in [-0.2, -0.15) is 4.31 Å². The average molecular weight is 532 g/mol. The first-order valence-corrected chi connectivity index (χ1v) is 14.1. The number of hydrogen-bond donors (Lipinski definition) is 2. The summed E-state index contributed by atoms with van der Waals surface area (Å²) in [6.07, 6.45) is 5.29. The van der Waals surface area contributed by atoms with Gasteiger partial charge in [-0.05, 0) is 67.7 Å². The van der Waals surface area contributed by atoms with Crippen molar-refractivity contribution in [3.05, 3.63) is 60.2 Å². The summed E-state index contributed by atoms with van der Waals surface area (Å²) in [6.45, 7) is 1.39. The molecule has 0 saturated carbocycles. The number of amides is 1. The first kappa shape index (κ1) is 27.8. The molecular weight excluding hydrogens is 498 g/mol. The number of aryl methyl sites for hydroxylation is 1. The van der Waals surface area contributed by atoms with Gasteiger partial charge in [0, 0.05) is 25.2 Å². The molecule has 0 radical (unpaired) electrons. The van der Waals surface area contributed by atoms with E-state index in [-0.39, 0.29) is 22.8 Å². The van der Waals surface area contributed by atoms with E-state index in [0.717, 1.165) is 32.1 Å². The predicted octanol–water partition coefficient (Wildman–Crippen LogP) is 4.02. The highest BCUT2D eigenvalue weighted by Gasteiger charge is 2.25. The standard InChI is InChI=1S/C26H33N3O5S2/c30-24(16-17-25(31)34-20-8-11-21-9-4-3-5-10-21)28-26(35)27-22-12-14-23(15-13-22)36(32,33)29-18-6-1-2-7-19-29/h3-5,9-10,12-15H,1-2,6-8,11,16-20H2,(H2,27,28,30,35). The van der Waals surface area contributed by atoms with Gasteiger partial charge in [-0.15, -0.1) is 0 Å². The lowest BCUT2D eigenvalue weighted by molar-refractivity contribution is -0.145. The Balaban J connectivity index is 1.36. The van der Waals surface area contributed by atoms with Gasteiger partial charge in [0.15, 0.2) is 5.11 Å². The van der Waals surface area contributed by atoms with Crippen molar-refractivity contribution in [2.45, 2.75) is 56.3 Å². The average Bonchev–Trinajstić information content (AvgIpc) is 3.17. The Morgan fingerprint density at radius 3 is 2.25 bits per heavy atom. The number of carbonyl (C=O) groups is 2. The minimum Gasteiger partial charge on any atom is -0.466 e. The highest BCUT2D eigenvalue weighted by molar-refractivity contribution is 7.89. The molecule has 1 aliphatic rings. The minimum absolute atomic E-state index is 0.0388. The molecule has 1 fully saturated rings. The lowest BCUT2D eigenvalue weighted by Crippen LogP contribution is -2.34. The smallest absolute Gasteiger partial charge is 0.306 e. The van der Waals surface area contributed by atoms with Crippen LogP contribution in [0.2, 0.25) is 0 Å². The van der Waals surface area contributed by atoms with Gasteiger partial charge in [-0.25, -0.2) is 8.42 Å². The molecule has 36 heavy (non-hydrogen) atoms. The van der Waals surface area contributed by atoms with Crippen molar-refractivity contribution in [2.75, 3.05) is 25.0 Å². The lowest BCUT2D eigenvalue weighted by atomic mass is 10.1. The van der Waals surface area contributed by atoms with Crippen LogP contribution >= 0.6 is 12.2 Å². The predicted molar refractivity (Wildman–Crippen MR) is 143 cm³/mol. The third kappa shape index (κ3) is 9.00. The van der Waals surface area contributed by atoms with Crippen LogP contribution in [0.15, 0.2) is 59.5 Å². The van der Waals surface area contributed by atoms with Crippen molar-refractivity contribution >= 4 is 44.9 Å². The number of esters is 1. The van der Waals surface area contributed by atoms with Gasteiger partial charge < -0.3 is 15.4 Å². The zero-order valence-corrected chi connectivity index (χ0v) is 21.9. The number of rotatable bonds is 10. The highest BCUT2D eigenvalue weighted by Crippen LogP contribution is 2.21. The summed E-state index contributed by atoms with van der Waals surface area (Å²) in [6, 6.07) is 16.2. The Bertz CT molecular complexity index is 1110. The van der Waals surface area contributed by atoms with E-state index in [1.54, 1.807) is 16.4 Å². The monoisotopic (exact) mass is 531 g/mol. The largest absolute Gasteiger partial charge is 0.466 e. The van der Waals surface area contributed by atoms with Crippen molar-refractivity contribution in [1.29, 1.82) is 0 Å². The molecule has 1 amide bonds. The Labute approximate surface area is 218 Å². The second kappa shape index (κ2) is 14.1. The third-order valence-corrected chi connectivity index (χ3v) is 7.96. The van der Waals surface area contributed by atoms with Crippen LogP contribution in [0.1, 0.15) is 50.5 Å². The number of nitrogens with zero attached hydrogens (tertiary/aromatic N) is 1. The van der Waals surface area contributed by atoms with Gasteiger partial charge >= 0.3 is 5.97 Å². The molecule has 0 unspecified atom stereocenters. The Morgan fingerprint density at radius 1 is 0.917 bits per heavy atom. The molecule has 0 aliphatic carbocycles. The van der Waals surface area contributed by atoms with Crippen LogP contribution in [-0.4, -0.2) is 49.4 Å². The van der Waals surface area contributed by atoms with Gasteiger partial charge in [0.2, 0.25) is 15.9 Å². The van der Waals surface area contributed by atoms with Crippen molar-refractivity contribution < 1.29 is 22.7 Å². The number of sulfonamides is 1. The molecule has 1 aliphatic heterocycles. The lowest BCUT2D eigenvalue weighted by Gasteiger charge is -2.20. The Kier molecular flexibility index (Phi) is 10.8. The molecule has 1 heterocycles. The number of anilines is 1. The number of benzene rings is 2. The first-order valence-electron chi connectivity index (χ1n) is 12.3. The molecular formula is C26H33N3O5S2. The van der Waals surface area contributed by atoms with Crippen LogP contribution in [0.4, 0.5) is 5.69 Å². The summed E-state index contributed by atoms with van der Waals surface area (Å²) < 4.78 is 32.5. The molecule has 194 valence electrons. The van der Waals surface area contributed by atoms with Crippen LogP contribution < -0.4 is 10.6 Å². The van der Waals surface area contributed by atoms with E-state index in [4.69, 9.17) is 17.0 Å². The molecule has 8 nitrogen and oxygen atoms in total. The van der Waals surface area contributed by atoms with E-state index in [1.165, 1.54) is 17.7 Å². The SMILES string of the molecule is O=C(CCC(=O)OCCCc1ccccc1)NC(=S)Nc1ccc(S(=O)(=O)N2CCCCCC2)cc1. The van der Waals surface area contributed by atoms with Crippen LogP contribution in [0.3, 0.4) is 0 Å². The van der Waals surface area contributed by atoms with Crippen LogP contribution in [0.5, 0.6) is 0 Å². The first-order chi connectivity index (χ1) is 17.3.